The third-order valence-corrected chi connectivity index (χ3v) is 2.65. The molecule has 2 aromatic rings. The van der Waals surface area contributed by atoms with E-state index >= 15 is 0 Å². The maximum Gasteiger partial charge on any atom is 0.307 e. The summed E-state index contributed by atoms with van der Waals surface area (Å²) >= 11 is 0. The van der Waals surface area contributed by atoms with Crippen LogP contribution in [0.15, 0.2) is 39.2 Å². The Balaban J connectivity index is 0.000000745. The van der Waals surface area contributed by atoms with Crippen LogP contribution in [-0.2, 0) is 0 Å². The molecule has 6 nitrogen and oxygen atoms in total. The van der Waals surface area contributed by atoms with E-state index in [0.29, 0.717) is 22.5 Å². The minimum absolute atomic E-state index is 0.168. The first-order valence-corrected chi connectivity index (χ1v) is 6.82. The van der Waals surface area contributed by atoms with Crippen LogP contribution < -0.4 is 10.3 Å². The lowest BCUT2D eigenvalue weighted by Gasteiger charge is -2.10. The fraction of sp³-hybridized carbons (Fsp3) is 0.250. The average Bonchev–Trinajstić information content (AvgIpc) is 2.54. The molecule has 116 valence electrons. The van der Waals surface area contributed by atoms with Gasteiger partial charge in [-0.25, -0.2) is 5.10 Å². The highest BCUT2D eigenvalue weighted by atomic mass is 16.5. The Morgan fingerprint density at radius 2 is 1.91 bits per heavy atom. The summed E-state index contributed by atoms with van der Waals surface area (Å²) in [6, 6.07) is 5.33. The van der Waals surface area contributed by atoms with Crippen LogP contribution in [0.2, 0.25) is 0 Å². The van der Waals surface area contributed by atoms with Crippen LogP contribution in [0, 0.1) is 0 Å². The highest BCUT2D eigenvalue weighted by Gasteiger charge is 2.15. The summed E-state index contributed by atoms with van der Waals surface area (Å²) in [5, 5.41) is 6.09. The summed E-state index contributed by atoms with van der Waals surface area (Å²) in [4.78, 5) is 19.5. The Labute approximate surface area is 129 Å². The van der Waals surface area contributed by atoms with Crippen molar-refractivity contribution in [2.24, 2.45) is 9.98 Å². The van der Waals surface area contributed by atoms with Gasteiger partial charge in [0.15, 0.2) is 5.75 Å². The summed E-state index contributed by atoms with van der Waals surface area (Å²) in [6.45, 7) is 11.3. The maximum atomic E-state index is 11.7. The van der Waals surface area contributed by atoms with Gasteiger partial charge in [0, 0.05) is 5.56 Å². The van der Waals surface area contributed by atoms with E-state index in [1.165, 1.54) is 19.7 Å². The lowest BCUT2D eigenvalue weighted by Crippen LogP contribution is -2.11. The predicted molar refractivity (Wildman–Crippen MR) is 91.2 cm³/mol. The molecule has 0 aliphatic heterocycles. The standard InChI is InChI=1S/C13H12N4O2.C3H8/c1-14-10-6-4-5-8(11(10)15-2)9-7-16-17-13(18)12(9)19-3;1-3-2/h4-7H,1-2H2,3H3,(H,17,18);3H2,1-2H3. The van der Waals surface area contributed by atoms with Gasteiger partial charge < -0.3 is 4.74 Å². The molecule has 1 N–H and O–H groups in total. The first kappa shape index (κ1) is 17.3. The van der Waals surface area contributed by atoms with Crippen molar-refractivity contribution in [3.05, 3.63) is 34.7 Å². The largest absolute Gasteiger partial charge is 0.491 e. The summed E-state index contributed by atoms with van der Waals surface area (Å²) in [6.07, 6.45) is 2.75. The fourth-order valence-corrected chi connectivity index (χ4v) is 1.82. The highest BCUT2D eigenvalue weighted by Crippen LogP contribution is 2.39. The molecular formula is C16H20N4O2. The number of nitrogens with zero attached hydrogens (tertiary/aromatic N) is 3. The topological polar surface area (TPSA) is 79.7 Å². The van der Waals surface area contributed by atoms with E-state index in [4.69, 9.17) is 4.74 Å². The zero-order valence-electron chi connectivity index (χ0n) is 13.1. The maximum absolute atomic E-state index is 11.7. The number of H-pyrrole nitrogens is 1. The van der Waals surface area contributed by atoms with Crippen molar-refractivity contribution >= 4 is 24.8 Å². The van der Waals surface area contributed by atoms with Crippen molar-refractivity contribution in [3.8, 4) is 16.9 Å². The summed E-state index contributed by atoms with van der Waals surface area (Å²) in [5.41, 5.74) is 1.89. The molecule has 0 fully saturated rings. The number of rotatable bonds is 4. The summed E-state index contributed by atoms with van der Waals surface area (Å²) in [7, 11) is 1.42. The quantitative estimate of drug-likeness (QED) is 0.877. The van der Waals surface area contributed by atoms with Gasteiger partial charge in [0.05, 0.1) is 30.2 Å². The van der Waals surface area contributed by atoms with Crippen molar-refractivity contribution in [2.45, 2.75) is 20.3 Å². The third-order valence-electron chi connectivity index (χ3n) is 2.65. The molecule has 0 saturated carbocycles. The zero-order chi connectivity index (χ0) is 16.5. The Hall–Kier alpha value is -2.76. The smallest absolute Gasteiger partial charge is 0.307 e. The molecule has 2 rings (SSSR count). The Kier molecular flexibility index (Phi) is 6.69. The van der Waals surface area contributed by atoms with Crippen molar-refractivity contribution in [1.82, 2.24) is 10.2 Å². The number of hydrogen-bond donors (Lipinski definition) is 1. The van der Waals surface area contributed by atoms with Gasteiger partial charge in [-0.2, -0.15) is 5.10 Å². The molecule has 22 heavy (non-hydrogen) atoms. The van der Waals surface area contributed by atoms with Crippen molar-refractivity contribution in [2.75, 3.05) is 7.11 Å². The van der Waals surface area contributed by atoms with E-state index in [-0.39, 0.29) is 5.75 Å². The SMILES string of the molecule is C=Nc1cccc(-c2cn[nH]c(=O)c2OC)c1N=C.CCC. The fourth-order valence-electron chi connectivity index (χ4n) is 1.82. The number of aromatic amines is 1. The van der Waals surface area contributed by atoms with Crippen LogP contribution in [0.25, 0.3) is 11.1 Å². The van der Waals surface area contributed by atoms with Gasteiger partial charge in [-0.05, 0) is 19.5 Å². The monoisotopic (exact) mass is 300 g/mol. The van der Waals surface area contributed by atoms with Crippen LogP contribution in [0.5, 0.6) is 5.75 Å². The van der Waals surface area contributed by atoms with E-state index in [1.54, 1.807) is 18.2 Å². The van der Waals surface area contributed by atoms with Gasteiger partial charge in [-0.3, -0.25) is 14.8 Å². The molecule has 0 bridgehead atoms. The second-order valence-electron chi connectivity index (χ2n) is 4.34. The molecule has 6 heteroatoms. The van der Waals surface area contributed by atoms with Crippen molar-refractivity contribution in [1.29, 1.82) is 0 Å². The van der Waals surface area contributed by atoms with Gasteiger partial charge in [-0.15, -0.1) is 0 Å². The molecule has 0 unspecified atom stereocenters. The highest BCUT2D eigenvalue weighted by molar-refractivity contribution is 5.87. The van der Waals surface area contributed by atoms with E-state index in [0.717, 1.165) is 0 Å². The van der Waals surface area contributed by atoms with Crippen molar-refractivity contribution in [3.63, 3.8) is 0 Å². The zero-order valence-corrected chi connectivity index (χ0v) is 13.1. The first-order chi connectivity index (χ1) is 10.6. The second-order valence-corrected chi connectivity index (χ2v) is 4.34. The number of nitrogens with one attached hydrogen (secondary N) is 1. The molecule has 0 aliphatic rings. The average molecular weight is 300 g/mol. The lowest BCUT2D eigenvalue weighted by atomic mass is 10.0. The van der Waals surface area contributed by atoms with Crippen LogP contribution in [0.3, 0.4) is 0 Å². The van der Waals surface area contributed by atoms with Gasteiger partial charge in [0.25, 0.3) is 0 Å². The molecule has 0 spiro atoms. The van der Waals surface area contributed by atoms with Crippen LogP contribution >= 0.6 is 0 Å². The minimum Gasteiger partial charge on any atom is -0.491 e. The first-order valence-electron chi connectivity index (χ1n) is 6.82. The van der Waals surface area contributed by atoms with E-state index in [9.17, 15) is 4.79 Å². The number of aromatic nitrogens is 2. The van der Waals surface area contributed by atoms with Crippen molar-refractivity contribution < 1.29 is 4.74 Å². The second kappa shape index (κ2) is 8.51. The molecular weight excluding hydrogens is 280 g/mol. The van der Waals surface area contributed by atoms with Crippen LogP contribution in [0.4, 0.5) is 11.4 Å². The molecule has 0 amide bonds. The Bertz CT molecular complexity index is 708. The van der Waals surface area contributed by atoms with Gasteiger partial charge in [0.1, 0.15) is 0 Å². The third kappa shape index (κ3) is 3.66. The number of ether oxygens (including phenoxy) is 1. The van der Waals surface area contributed by atoms with Gasteiger partial charge in [0.2, 0.25) is 0 Å². The number of aliphatic imine (C=N–C) groups is 2. The molecule has 0 atom stereocenters. The van der Waals surface area contributed by atoms with Crippen LogP contribution in [0.1, 0.15) is 20.3 Å². The van der Waals surface area contributed by atoms with E-state index < -0.39 is 5.56 Å². The van der Waals surface area contributed by atoms with E-state index in [2.05, 4.69) is 47.5 Å². The Morgan fingerprint density at radius 1 is 1.23 bits per heavy atom. The molecule has 1 aromatic heterocycles. The minimum atomic E-state index is -0.410. The van der Waals surface area contributed by atoms with Crippen LogP contribution in [-0.4, -0.2) is 30.7 Å². The molecule has 0 radical (unpaired) electrons. The summed E-state index contributed by atoms with van der Waals surface area (Å²) < 4.78 is 5.11. The predicted octanol–water partition coefficient (Wildman–Crippen LogP) is 3.53. The number of hydrogen-bond acceptors (Lipinski definition) is 5. The number of benzene rings is 1. The lowest BCUT2D eigenvalue weighted by molar-refractivity contribution is 0.408. The normalized spacial score (nSPS) is 9.41. The molecule has 1 heterocycles. The van der Waals surface area contributed by atoms with Gasteiger partial charge >= 0.3 is 5.56 Å². The van der Waals surface area contributed by atoms with Gasteiger partial charge in [-0.1, -0.05) is 32.4 Å². The Morgan fingerprint density at radius 3 is 2.45 bits per heavy atom. The summed E-state index contributed by atoms with van der Waals surface area (Å²) in [5.74, 6) is 0.168. The van der Waals surface area contributed by atoms with E-state index in [1.807, 2.05) is 0 Å². The molecule has 0 aliphatic carbocycles. The molecule has 1 aromatic carbocycles. The number of methoxy groups -OCH3 is 1. The number of para-hydroxylation sites is 1. The molecule has 0 saturated heterocycles.